The summed E-state index contributed by atoms with van der Waals surface area (Å²) in [4.78, 5) is 11.7. The largest absolute Gasteiger partial charge is 0.367 e. The summed E-state index contributed by atoms with van der Waals surface area (Å²) in [5, 5.41) is 22.6. The number of carbonyl (C=O) groups is 1. The van der Waals surface area contributed by atoms with Crippen LogP contribution in [0.4, 0.5) is 5.82 Å². The van der Waals surface area contributed by atoms with E-state index >= 15 is 0 Å². The van der Waals surface area contributed by atoms with Crippen molar-refractivity contribution in [3.05, 3.63) is 59.3 Å². The number of hydrogen-bond donors (Lipinski definition) is 2. The zero-order chi connectivity index (χ0) is 16.5. The van der Waals surface area contributed by atoms with Gasteiger partial charge in [-0.05, 0) is 42.8 Å². The van der Waals surface area contributed by atoms with Gasteiger partial charge in [0.25, 0.3) is 0 Å². The number of carbonyl (C=O) groups excluding carboxylic acids is 1. The van der Waals surface area contributed by atoms with Gasteiger partial charge < -0.3 is 10.6 Å². The molecule has 2 N–H and O–H groups in total. The number of nitriles is 1. The second kappa shape index (κ2) is 8.29. The predicted octanol–water partition coefficient (Wildman–Crippen LogP) is 1.90. The van der Waals surface area contributed by atoms with Gasteiger partial charge in [0, 0.05) is 19.2 Å². The molecule has 1 heterocycles. The standard InChI is InChI=1S/C17H17N5O/c1-13-5-7-16(22-21-13)19-9-10-20-17(23)8-6-14-3-2-4-15(11-14)12-18/h2-8,11H,9-10H2,1H3,(H,19,22)(H,20,23)/b8-6+. The van der Waals surface area contributed by atoms with Crippen molar-refractivity contribution in [1.82, 2.24) is 15.5 Å². The fraction of sp³-hybridized carbons (Fsp3) is 0.176. The normalized spacial score (nSPS) is 10.3. The molecular formula is C17H17N5O. The van der Waals surface area contributed by atoms with Gasteiger partial charge in [-0.1, -0.05) is 12.1 Å². The van der Waals surface area contributed by atoms with E-state index in [1.165, 1.54) is 6.08 Å². The molecule has 0 unspecified atom stereocenters. The molecule has 0 aliphatic rings. The van der Waals surface area contributed by atoms with E-state index in [0.29, 0.717) is 24.5 Å². The first-order valence-corrected chi connectivity index (χ1v) is 7.17. The van der Waals surface area contributed by atoms with Crippen molar-refractivity contribution >= 4 is 17.8 Å². The van der Waals surface area contributed by atoms with E-state index in [-0.39, 0.29) is 5.91 Å². The summed E-state index contributed by atoms with van der Waals surface area (Å²) in [6.07, 6.45) is 3.12. The minimum absolute atomic E-state index is 0.191. The molecular weight excluding hydrogens is 290 g/mol. The molecule has 0 fully saturated rings. The van der Waals surface area contributed by atoms with Crippen LogP contribution in [0, 0.1) is 18.3 Å². The van der Waals surface area contributed by atoms with E-state index in [2.05, 4.69) is 26.9 Å². The molecule has 0 atom stereocenters. The number of benzene rings is 1. The van der Waals surface area contributed by atoms with E-state index in [1.807, 2.05) is 25.1 Å². The van der Waals surface area contributed by atoms with Crippen LogP contribution in [0.5, 0.6) is 0 Å². The molecule has 2 aromatic rings. The number of nitrogens with zero attached hydrogens (tertiary/aromatic N) is 3. The first-order chi connectivity index (χ1) is 11.2. The van der Waals surface area contributed by atoms with Crippen molar-refractivity contribution in [3.8, 4) is 6.07 Å². The highest BCUT2D eigenvalue weighted by atomic mass is 16.1. The smallest absolute Gasteiger partial charge is 0.244 e. The molecule has 0 aliphatic heterocycles. The molecule has 0 spiro atoms. The number of rotatable bonds is 6. The Hall–Kier alpha value is -3.20. The van der Waals surface area contributed by atoms with Crippen molar-refractivity contribution in [3.63, 3.8) is 0 Å². The molecule has 23 heavy (non-hydrogen) atoms. The molecule has 116 valence electrons. The van der Waals surface area contributed by atoms with E-state index < -0.39 is 0 Å². The number of aryl methyl sites for hydroxylation is 1. The van der Waals surface area contributed by atoms with Crippen LogP contribution in [0.1, 0.15) is 16.8 Å². The minimum Gasteiger partial charge on any atom is -0.367 e. The van der Waals surface area contributed by atoms with Crippen molar-refractivity contribution < 1.29 is 4.79 Å². The Morgan fingerprint density at radius 2 is 2.13 bits per heavy atom. The first-order valence-electron chi connectivity index (χ1n) is 7.17. The zero-order valence-corrected chi connectivity index (χ0v) is 12.8. The summed E-state index contributed by atoms with van der Waals surface area (Å²) in [6.45, 7) is 2.90. The number of hydrogen-bond acceptors (Lipinski definition) is 5. The molecule has 0 bridgehead atoms. The lowest BCUT2D eigenvalue weighted by molar-refractivity contribution is -0.116. The van der Waals surface area contributed by atoms with Crippen LogP contribution in [0.25, 0.3) is 6.08 Å². The summed E-state index contributed by atoms with van der Waals surface area (Å²) in [5.74, 6) is 0.484. The minimum atomic E-state index is -0.191. The summed E-state index contributed by atoms with van der Waals surface area (Å²) >= 11 is 0. The van der Waals surface area contributed by atoms with Gasteiger partial charge in [-0.25, -0.2) is 0 Å². The third kappa shape index (κ3) is 5.59. The third-order valence-electron chi connectivity index (χ3n) is 2.97. The molecule has 6 nitrogen and oxygen atoms in total. The number of aromatic nitrogens is 2. The van der Waals surface area contributed by atoms with Gasteiger partial charge in [-0.2, -0.15) is 10.4 Å². The summed E-state index contributed by atoms with van der Waals surface area (Å²) < 4.78 is 0. The average molecular weight is 307 g/mol. The fourth-order valence-corrected chi connectivity index (χ4v) is 1.81. The molecule has 1 amide bonds. The van der Waals surface area contributed by atoms with Crippen LogP contribution >= 0.6 is 0 Å². The average Bonchev–Trinajstić information content (AvgIpc) is 2.58. The van der Waals surface area contributed by atoms with Crippen LogP contribution in [0.3, 0.4) is 0 Å². The van der Waals surface area contributed by atoms with Crippen molar-refractivity contribution in [2.45, 2.75) is 6.92 Å². The Morgan fingerprint density at radius 1 is 1.26 bits per heavy atom. The van der Waals surface area contributed by atoms with Crippen LogP contribution in [0.2, 0.25) is 0 Å². The maximum absolute atomic E-state index is 11.7. The fourth-order valence-electron chi connectivity index (χ4n) is 1.81. The number of amides is 1. The Morgan fingerprint density at radius 3 is 2.87 bits per heavy atom. The lowest BCUT2D eigenvalue weighted by Gasteiger charge is -2.05. The molecule has 6 heteroatoms. The Kier molecular flexibility index (Phi) is 5.83. The van der Waals surface area contributed by atoms with E-state index in [4.69, 9.17) is 5.26 Å². The maximum atomic E-state index is 11.7. The highest BCUT2D eigenvalue weighted by Gasteiger charge is 1.97. The van der Waals surface area contributed by atoms with Crippen LogP contribution in [-0.2, 0) is 4.79 Å². The van der Waals surface area contributed by atoms with Gasteiger partial charge >= 0.3 is 0 Å². The van der Waals surface area contributed by atoms with Gasteiger partial charge in [0.15, 0.2) is 0 Å². The highest BCUT2D eigenvalue weighted by Crippen LogP contribution is 2.05. The van der Waals surface area contributed by atoms with E-state index in [1.54, 1.807) is 24.3 Å². The third-order valence-corrected chi connectivity index (χ3v) is 2.97. The lowest BCUT2D eigenvalue weighted by atomic mass is 10.1. The summed E-state index contributed by atoms with van der Waals surface area (Å²) in [7, 11) is 0. The van der Waals surface area contributed by atoms with Gasteiger partial charge in [0.1, 0.15) is 5.82 Å². The van der Waals surface area contributed by atoms with E-state index in [0.717, 1.165) is 11.3 Å². The Bertz CT molecular complexity index is 731. The van der Waals surface area contributed by atoms with Crippen LogP contribution in [-0.4, -0.2) is 29.2 Å². The molecule has 2 rings (SSSR count). The zero-order valence-electron chi connectivity index (χ0n) is 12.8. The maximum Gasteiger partial charge on any atom is 0.244 e. The highest BCUT2D eigenvalue weighted by molar-refractivity contribution is 5.91. The van der Waals surface area contributed by atoms with E-state index in [9.17, 15) is 4.79 Å². The molecule has 0 saturated heterocycles. The molecule has 0 radical (unpaired) electrons. The SMILES string of the molecule is Cc1ccc(NCCNC(=O)/C=C/c2cccc(C#N)c2)nn1. The molecule has 1 aromatic heterocycles. The van der Waals surface area contributed by atoms with Gasteiger partial charge in [0.05, 0.1) is 17.3 Å². The van der Waals surface area contributed by atoms with Crippen molar-refractivity contribution in [2.75, 3.05) is 18.4 Å². The topological polar surface area (TPSA) is 90.7 Å². The van der Waals surface area contributed by atoms with Crippen LogP contribution in [0.15, 0.2) is 42.5 Å². The van der Waals surface area contributed by atoms with Gasteiger partial charge in [-0.3, -0.25) is 4.79 Å². The second-order valence-corrected chi connectivity index (χ2v) is 4.85. The first kappa shape index (κ1) is 16.2. The summed E-state index contributed by atoms with van der Waals surface area (Å²) in [6, 6.07) is 12.8. The number of anilines is 1. The monoisotopic (exact) mass is 307 g/mol. The lowest BCUT2D eigenvalue weighted by Crippen LogP contribution is -2.27. The van der Waals surface area contributed by atoms with Gasteiger partial charge in [-0.15, -0.1) is 5.10 Å². The van der Waals surface area contributed by atoms with Gasteiger partial charge in [0.2, 0.25) is 5.91 Å². The Balaban J connectivity index is 1.73. The van der Waals surface area contributed by atoms with Crippen LogP contribution < -0.4 is 10.6 Å². The predicted molar refractivity (Wildman–Crippen MR) is 88.5 cm³/mol. The molecule has 0 saturated carbocycles. The number of nitrogens with one attached hydrogen (secondary N) is 2. The molecule has 0 aliphatic carbocycles. The van der Waals surface area contributed by atoms with Crippen molar-refractivity contribution in [2.24, 2.45) is 0 Å². The second-order valence-electron chi connectivity index (χ2n) is 4.85. The molecule has 1 aromatic carbocycles. The quantitative estimate of drug-likeness (QED) is 0.628. The van der Waals surface area contributed by atoms with Crippen molar-refractivity contribution in [1.29, 1.82) is 5.26 Å². The summed E-state index contributed by atoms with van der Waals surface area (Å²) in [5.41, 5.74) is 2.23. The Labute approximate surface area is 134 Å².